The van der Waals surface area contributed by atoms with E-state index in [0.717, 1.165) is 12.8 Å². The van der Waals surface area contributed by atoms with Crippen LogP contribution in [0.1, 0.15) is 66.9 Å². The molecular weight excluding hydrogens is 228 g/mol. The van der Waals surface area contributed by atoms with Crippen LogP contribution in [0.4, 0.5) is 0 Å². The lowest BCUT2D eigenvalue weighted by Crippen LogP contribution is -2.37. The third kappa shape index (κ3) is 2.27. The number of aromatic nitrogens is 1. The van der Waals surface area contributed by atoms with E-state index in [-0.39, 0.29) is 5.54 Å². The van der Waals surface area contributed by atoms with Crippen molar-refractivity contribution in [2.75, 3.05) is 0 Å². The average molecular weight is 250 g/mol. The molecule has 1 aromatic heterocycles. The van der Waals surface area contributed by atoms with Crippen LogP contribution in [0, 0.1) is 0 Å². The van der Waals surface area contributed by atoms with Gasteiger partial charge in [-0.25, -0.2) is 4.98 Å². The third-order valence-electron chi connectivity index (χ3n) is 4.27. The molecule has 0 aromatic carbocycles. The minimum Gasteiger partial charge on any atom is -0.319 e. The number of nitrogens with zero attached hydrogens (tertiary/aromatic N) is 1. The van der Waals surface area contributed by atoms with Gasteiger partial charge in [0, 0.05) is 4.88 Å². The van der Waals surface area contributed by atoms with Crippen LogP contribution >= 0.6 is 11.3 Å². The Morgan fingerprint density at radius 3 is 2.35 bits per heavy atom. The first kappa shape index (κ1) is 11.7. The molecule has 1 saturated carbocycles. The van der Waals surface area contributed by atoms with Crippen molar-refractivity contribution in [3.8, 4) is 0 Å². The normalized spacial score (nSPS) is 24.1. The monoisotopic (exact) mass is 250 g/mol. The Morgan fingerprint density at radius 1 is 0.941 bits per heavy atom. The molecule has 17 heavy (non-hydrogen) atoms. The second-order valence-corrected chi connectivity index (χ2v) is 6.75. The predicted molar refractivity (Wildman–Crippen MR) is 72.3 cm³/mol. The molecule has 2 nitrogen and oxygen atoms in total. The van der Waals surface area contributed by atoms with Crippen LogP contribution in [0.15, 0.2) is 0 Å². The number of hydrogen-bond donors (Lipinski definition) is 1. The van der Waals surface area contributed by atoms with Crippen LogP contribution in [0.25, 0.3) is 0 Å². The quantitative estimate of drug-likeness (QED) is 0.828. The molecule has 0 bridgehead atoms. The van der Waals surface area contributed by atoms with Crippen molar-refractivity contribution in [3.05, 3.63) is 15.6 Å². The van der Waals surface area contributed by atoms with Gasteiger partial charge in [0.25, 0.3) is 0 Å². The minimum atomic E-state index is -0.102. The molecule has 0 aliphatic heterocycles. The number of hydrogen-bond acceptors (Lipinski definition) is 3. The first-order chi connectivity index (χ1) is 8.28. The molecule has 0 radical (unpaired) electrons. The Kier molecular flexibility index (Phi) is 3.22. The van der Waals surface area contributed by atoms with E-state index in [4.69, 9.17) is 10.7 Å². The second-order valence-electron chi connectivity index (χ2n) is 5.67. The highest BCUT2D eigenvalue weighted by atomic mass is 32.1. The molecule has 3 rings (SSSR count). The van der Waals surface area contributed by atoms with Crippen molar-refractivity contribution in [3.63, 3.8) is 0 Å². The molecule has 2 aliphatic carbocycles. The molecule has 1 aromatic rings. The standard InChI is InChI=1S/C14H22N2S/c15-14(9-4-2-1-3-5-10-14)13-16-11-7-6-8-12(11)17-13/h1-10,15H2. The maximum Gasteiger partial charge on any atom is 0.113 e. The Bertz CT molecular complexity index is 367. The number of rotatable bonds is 1. The average Bonchev–Trinajstić information content (AvgIpc) is 2.83. The number of fused-ring (bicyclic) bond motifs is 1. The molecule has 94 valence electrons. The molecule has 1 heterocycles. The zero-order valence-corrected chi connectivity index (χ0v) is 11.3. The molecule has 0 atom stereocenters. The SMILES string of the molecule is NC1(c2nc3c(s2)CCC3)CCCCCCC1. The van der Waals surface area contributed by atoms with Gasteiger partial charge in [-0.2, -0.15) is 0 Å². The van der Waals surface area contributed by atoms with Gasteiger partial charge in [-0.15, -0.1) is 11.3 Å². The molecule has 0 amide bonds. The van der Waals surface area contributed by atoms with Gasteiger partial charge >= 0.3 is 0 Å². The minimum absolute atomic E-state index is 0.102. The van der Waals surface area contributed by atoms with Gasteiger partial charge in [0.05, 0.1) is 11.2 Å². The highest BCUT2D eigenvalue weighted by Gasteiger charge is 2.32. The summed E-state index contributed by atoms with van der Waals surface area (Å²) in [5.74, 6) is 0. The van der Waals surface area contributed by atoms with Gasteiger partial charge in [0.15, 0.2) is 0 Å². The van der Waals surface area contributed by atoms with E-state index < -0.39 is 0 Å². The summed E-state index contributed by atoms with van der Waals surface area (Å²) in [4.78, 5) is 6.37. The summed E-state index contributed by atoms with van der Waals surface area (Å²) in [5.41, 5.74) is 7.92. The number of nitrogens with two attached hydrogens (primary N) is 1. The molecule has 0 unspecified atom stereocenters. The first-order valence-electron chi connectivity index (χ1n) is 7.06. The van der Waals surface area contributed by atoms with E-state index in [0.29, 0.717) is 0 Å². The van der Waals surface area contributed by atoms with E-state index in [1.807, 2.05) is 11.3 Å². The van der Waals surface area contributed by atoms with Crippen LogP contribution in [-0.2, 0) is 18.4 Å². The Morgan fingerprint density at radius 2 is 1.65 bits per heavy atom. The number of aryl methyl sites for hydroxylation is 2. The summed E-state index contributed by atoms with van der Waals surface area (Å²) in [6, 6.07) is 0. The highest BCUT2D eigenvalue weighted by molar-refractivity contribution is 7.12. The van der Waals surface area contributed by atoms with Crippen molar-refractivity contribution in [1.82, 2.24) is 4.98 Å². The fourth-order valence-electron chi connectivity index (χ4n) is 3.15. The Labute approximate surface area is 108 Å². The lowest BCUT2D eigenvalue weighted by Gasteiger charge is -2.29. The summed E-state index contributed by atoms with van der Waals surface area (Å²) in [7, 11) is 0. The molecule has 0 spiro atoms. The van der Waals surface area contributed by atoms with Gasteiger partial charge < -0.3 is 5.73 Å². The van der Waals surface area contributed by atoms with Gasteiger partial charge in [-0.3, -0.25) is 0 Å². The van der Waals surface area contributed by atoms with E-state index in [1.165, 1.54) is 66.9 Å². The maximum absolute atomic E-state index is 6.66. The fraction of sp³-hybridized carbons (Fsp3) is 0.786. The zero-order valence-electron chi connectivity index (χ0n) is 10.5. The van der Waals surface area contributed by atoms with E-state index >= 15 is 0 Å². The van der Waals surface area contributed by atoms with Gasteiger partial charge in [0.2, 0.25) is 0 Å². The van der Waals surface area contributed by atoms with Crippen molar-refractivity contribution in [1.29, 1.82) is 0 Å². The zero-order chi connectivity index (χ0) is 11.7. The van der Waals surface area contributed by atoms with Crippen LogP contribution in [0.2, 0.25) is 0 Å². The van der Waals surface area contributed by atoms with Crippen molar-refractivity contribution in [2.45, 2.75) is 69.7 Å². The van der Waals surface area contributed by atoms with Crippen molar-refractivity contribution < 1.29 is 0 Å². The van der Waals surface area contributed by atoms with Crippen LogP contribution in [0.5, 0.6) is 0 Å². The fourth-order valence-corrected chi connectivity index (χ4v) is 4.46. The van der Waals surface area contributed by atoms with E-state index in [9.17, 15) is 0 Å². The third-order valence-corrected chi connectivity index (χ3v) is 5.64. The van der Waals surface area contributed by atoms with Gasteiger partial charge in [-0.05, 0) is 32.1 Å². The van der Waals surface area contributed by atoms with E-state index in [2.05, 4.69) is 0 Å². The first-order valence-corrected chi connectivity index (χ1v) is 7.87. The lowest BCUT2D eigenvalue weighted by atomic mass is 9.85. The predicted octanol–water partition coefficient (Wildman–Crippen LogP) is 3.53. The smallest absolute Gasteiger partial charge is 0.113 e. The van der Waals surface area contributed by atoms with Gasteiger partial charge in [-0.1, -0.05) is 32.1 Å². The van der Waals surface area contributed by atoms with Crippen molar-refractivity contribution in [2.24, 2.45) is 5.73 Å². The molecule has 0 saturated heterocycles. The molecular formula is C14H22N2S. The molecule has 1 fully saturated rings. The summed E-state index contributed by atoms with van der Waals surface area (Å²) < 4.78 is 0. The maximum atomic E-state index is 6.66. The van der Waals surface area contributed by atoms with Crippen molar-refractivity contribution >= 4 is 11.3 Å². The van der Waals surface area contributed by atoms with Crippen LogP contribution in [0.3, 0.4) is 0 Å². The molecule has 2 aliphatic rings. The summed E-state index contributed by atoms with van der Waals surface area (Å²) in [6.45, 7) is 0. The lowest BCUT2D eigenvalue weighted by molar-refractivity contribution is 0.322. The topological polar surface area (TPSA) is 38.9 Å². The van der Waals surface area contributed by atoms with Crippen LogP contribution < -0.4 is 5.73 Å². The summed E-state index contributed by atoms with van der Waals surface area (Å²) >= 11 is 1.91. The second kappa shape index (κ2) is 4.69. The van der Waals surface area contributed by atoms with Crippen LogP contribution in [-0.4, -0.2) is 4.98 Å². The molecule has 3 heteroatoms. The largest absolute Gasteiger partial charge is 0.319 e. The Balaban J connectivity index is 1.83. The summed E-state index contributed by atoms with van der Waals surface area (Å²) in [6.07, 6.45) is 12.6. The summed E-state index contributed by atoms with van der Waals surface area (Å²) in [5, 5.41) is 1.24. The number of thiazole rings is 1. The van der Waals surface area contributed by atoms with E-state index in [1.54, 1.807) is 0 Å². The Hall–Kier alpha value is -0.410. The molecule has 2 N–H and O–H groups in total. The highest BCUT2D eigenvalue weighted by Crippen LogP contribution is 2.38. The van der Waals surface area contributed by atoms with Gasteiger partial charge in [0.1, 0.15) is 5.01 Å².